The van der Waals surface area contributed by atoms with Crippen LogP contribution in [-0.4, -0.2) is 8.42 Å². The van der Waals surface area contributed by atoms with E-state index in [-0.39, 0.29) is 0 Å². The van der Waals surface area contributed by atoms with E-state index in [2.05, 4.69) is 11.7 Å². The standard InChI is InChI=1S/C6H8O2S2/c7-10(8,9)6-4-2-1-3-5-6/h1-2,4H,3,5H2,(H,7,8,9). The van der Waals surface area contributed by atoms with Gasteiger partial charge >= 0.3 is 0 Å². The Kier molecular flexibility index (Phi) is 2.21. The zero-order valence-corrected chi connectivity index (χ0v) is 7.03. The molecule has 0 unspecified atom stereocenters. The van der Waals surface area contributed by atoms with Gasteiger partial charge in [0.05, 0.1) is 4.91 Å². The number of hydrogen-bond donors (Lipinski definition) is 1. The number of allylic oxidation sites excluding steroid dienone is 4. The van der Waals surface area contributed by atoms with Crippen molar-refractivity contribution in [2.24, 2.45) is 0 Å². The van der Waals surface area contributed by atoms with Crippen LogP contribution < -0.4 is 0 Å². The van der Waals surface area contributed by atoms with Crippen molar-refractivity contribution >= 4 is 20.5 Å². The van der Waals surface area contributed by atoms with E-state index in [1.165, 1.54) is 0 Å². The number of thiol groups is 1. The van der Waals surface area contributed by atoms with Gasteiger partial charge in [0.25, 0.3) is 0 Å². The summed E-state index contributed by atoms with van der Waals surface area (Å²) >= 11 is 3.47. The first-order valence-corrected chi connectivity index (χ1v) is 5.47. The molecule has 1 aliphatic carbocycles. The minimum absolute atomic E-state index is 0.415. The van der Waals surface area contributed by atoms with E-state index in [9.17, 15) is 8.42 Å². The highest BCUT2D eigenvalue weighted by Gasteiger charge is 2.11. The van der Waals surface area contributed by atoms with E-state index in [0.717, 1.165) is 6.42 Å². The first-order chi connectivity index (χ1) is 4.61. The third-order valence-electron chi connectivity index (χ3n) is 1.31. The lowest BCUT2D eigenvalue weighted by atomic mass is 10.2. The normalized spacial score (nSPS) is 18.7. The SMILES string of the molecule is O=S(=O)(S)C1=CC=CCC1. The molecule has 0 saturated carbocycles. The summed E-state index contributed by atoms with van der Waals surface area (Å²) in [5, 5.41) is 0. The van der Waals surface area contributed by atoms with Crippen molar-refractivity contribution in [3.05, 3.63) is 23.1 Å². The molecule has 1 aliphatic rings. The smallest absolute Gasteiger partial charge is 0.213 e. The van der Waals surface area contributed by atoms with Crippen molar-refractivity contribution in [1.29, 1.82) is 0 Å². The Morgan fingerprint density at radius 3 is 2.50 bits per heavy atom. The van der Waals surface area contributed by atoms with Crippen LogP contribution in [0.4, 0.5) is 0 Å². The van der Waals surface area contributed by atoms with Gasteiger partial charge in [-0.1, -0.05) is 12.2 Å². The Morgan fingerprint density at radius 1 is 1.50 bits per heavy atom. The van der Waals surface area contributed by atoms with Gasteiger partial charge in [-0.15, -0.1) is 0 Å². The maximum Gasteiger partial charge on any atom is 0.223 e. The van der Waals surface area contributed by atoms with Crippen LogP contribution in [-0.2, 0) is 8.87 Å². The first kappa shape index (κ1) is 7.88. The first-order valence-electron chi connectivity index (χ1n) is 2.94. The molecule has 10 heavy (non-hydrogen) atoms. The minimum atomic E-state index is -3.22. The number of rotatable bonds is 1. The molecule has 0 heterocycles. The van der Waals surface area contributed by atoms with Gasteiger partial charge in [0.15, 0.2) is 0 Å². The van der Waals surface area contributed by atoms with Crippen LogP contribution in [0.15, 0.2) is 23.1 Å². The molecule has 1 rings (SSSR count). The summed E-state index contributed by atoms with van der Waals surface area (Å²) in [6, 6.07) is 0. The largest absolute Gasteiger partial charge is 0.223 e. The van der Waals surface area contributed by atoms with Crippen molar-refractivity contribution in [2.45, 2.75) is 12.8 Å². The number of hydrogen-bond acceptors (Lipinski definition) is 2. The Hall–Kier alpha value is -0.220. The van der Waals surface area contributed by atoms with Crippen molar-refractivity contribution in [3.63, 3.8) is 0 Å². The molecule has 0 aliphatic heterocycles. The van der Waals surface area contributed by atoms with Crippen LogP contribution in [0.25, 0.3) is 0 Å². The molecular weight excluding hydrogens is 168 g/mol. The molecule has 0 bridgehead atoms. The van der Waals surface area contributed by atoms with Gasteiger partial charge < -0.3 is 0 Å². The van der Waals surface area contributed by atoms with Crippen LogP contribution in [0, 0.1) is 0 Å². The summed E-state index contributed by atoms with van der Waals surface area (Å²) in [6.45, 7) is 0. The second-order valence-corrected chi connectivity index (χ2v) is 4.99. The van der Waals surface area contributed by atoms with E-state index < -0.39 is 8.87 Å². The van der Waals surface area contributed by atoms with Crippen molar-refractivity contribution in [3.8, 4) is 0 Å². The van der Waals surface area contributed by atoms with Gasteiger partial charge in [0.1, 0.15) is 0 Å². The highest BCUT2D eigenvalue weighted by Crippen LogP contribution is 2.20. The highest BCUT2D eigenvalue weighted by atomic mass is 33.1. The van der Waals surface area contributed by atoms with Crippen LogP contribution in [0.2, 0.25) is 0 Å². The molecule has 0 N–H and O–H groups in total. The van der Waals surface area contributed by atoms with Gasteiger partial charge in [0, 0.05) is 0 Å². The summed E-state index contributed by atoms with van der Waals surface area (Å²) in [7, 11) is -3.22. The highest BCUT2D eigenvalue weighted by molar-refractivity contribution is 8.65. The zero-order valence-electron chi connectivity index (χ0n) is 5.32. The lowest BCUT2D eigenvalue weighted by Gasteiger charge is -2.03. The van der Waals surface area contributed by atoms with Crippen LogP contribution in [0.5, 0.6) is 0 Å². The van der Waals surface area contributed by atoms with E-state index in [4.69, 9.17) is 0 Å². The molecule has 0 spiro atoms. The fourth-order valence-electron chi connectivity index (χ4n) is 0.795. The van der Waals surface area contributed by atoms with Crippen LogP contribution in [0.3, 0.4) is 0 Å². The zero-order chi connectivity index (χ0) is 7.61. The van der Waals surface area contributed by atoms with Gasteiger partial charge in [-0.05, 0) is 30.6 Å². The summed E-state index contributed by atoms with van der Waals surface area (Å²) in [4.78, 5) is 0.415. The predicted octanol–water partition coefficient (Wildman–Crippen LogP) is 1.48. The fourth-order valence-corrected chi connectivity index (χ4v) is 1.88. The van der Waals surface area contributed by atoms with Crippen LogP contribution >= 0.6 is 11.7 Å². The van der Waals surface area contributed by atoms with Gasteiger partial charge in [-0.3, -0.25) is 0 Å². The van der Waals surface area contributed by atoms with Gasteiger partial charge in [0.2, 0.25) is 8.87 Å². The summed E-state index contributed by atoms with van der Waals surface area (Å²) < 4.78 is 21.5. The summed E-state index contributed by atoms with van der Waals surface area (Å²) in [5.74, 6) is 0. The van der Waals surface area contributed by atoms with E-state index >= 15 is 0 Å². The lowest BCUT2D eigenvalue weighted by Crippen LogP contribution is -1.96. The third-order valence-corrected chi connectivity index (χ3v) is 3.01. The predicted molar refractivity (Wildman–Crippen MR) is 44.4 cm³/mol. The second-order valence-electron chi connectivity index (χ2n) is 2.07. The molecule has 0 saturated heterocycles. The minimum Gasteiger partial charge on any atom is -0.213 e. The summed E-state index contributed by atoms with van der Waals surface area (Å²) in [6.07, 6.45) is 6.65. The fraction of sp³-hybridized carbons (Fsp3) is 0.333. The second kappa shape index (κ2) is 2.80. The Morgan fingerprint density at radius 2 is 2.20 bits per heavy atom. The summed E-state index contributed by atoms with van der Waals surface area (Å²) in [5.41, 5.74) is 0. The van der Waals surface area contributed by atoms with Crippen molar-refractivity contribution in [2.75, 3.05) is 0 Å². The van der Waals surface area contributed by atoms with E-state index in [1.807, 2.05) is 6.08 Å². The van der Waals surface area contributed by atoms with Gasteiger partial charge in [-0.2, -0.15) is 0 Å². The monoisotopic (exact) mass is 176 g/mol. The molecule has 2 nitrogen and oxygen atoms in total. The van der Waals surface area contributed by atoms with Crippen molar-refractivity contribution < 1.29 is 8.42 Å². The lowest BCUT2D eigenvalue weighted by molar-refractivity contribution is 0.614. The molecule has 0 fully saturated rings. The van der Waals surface area contributed by atoms with Gasteiger partial charge in [-0.25, -0.2) is 8.42 Å². The van der Waals surface area contributed by atoms with E-state index in [0.29, 0.717) is 11.3 Å². The van der Waals surface area contributed by atoms with Crippen LogP contribution in [0.1, 0.15) is 12.8 Å². The molecule has 0 aromatic heterocycles. The average molecular weight is 176 g/mol. The topological polar surface area (TPSA) is 34.1 Å². The van der Waals surface area contributed by atoms with Crippen molar-refractivity contribution in [1.82, 2.24) is 0 Å². The molecule has 0 radical (unpaired) electrons. The Bertz CT molecular complexity index is 272. The third kappa shape index (κ3) is 1.88. The average Bonchev–Trinajstić information content (AvgIpc) is 1.88. The maximum absolute atomic E-state index is 10.7. The molecule has 0 aromatic carbocycles. The molecular formula is C6H8O2S2. The Labute approximate surface area is 65.4 Å². The molecule has 0 amide bonds. The molecule has 4 heteroatoms. The molecule has 56 valence electrons. The molecule has 0 atom stereocenters. The Balaban J connectivity index is 2.93. The quantitative estimate of drug-likeness (QED) is 0.485. The molecule has 0 aromatic rings. The maximum atomic E-state index is 10.7. The van der Waals surface area contributed by atoms with E-state index in [1.54, 1.807) is 12.2 Å².